The third-order valence-electron chi connectivity index (χ3n) is 4.13. The number of sulfonamides is 1. The van der Waals surface area contributed by atoms with Crippen LogP contribution in [0.3, 0.4) is 0 Å². The van der Waals surface area contributed by atoms with Gasteiger partial charge in [0.2, 0.25) is 0 Å². The second-order valence-corrected chi connectivity index (χ2v) is 7.51. The third kappa shape index (κ3) is 2.39. The minimum atomic E-state index is -3.71. The number of aryl methyl sites for hydroxylation is 2. The molecule has 5 heteroatoms. The highest BCUT2D eigenvalue weighted by atomic mass is 32.2. The van der Waals surface area contributed by atoms with Gasteiger partial charge in [-0.1, -0.05) is 18.2 Å². The Balaban J connectivity index is 2.16. The van der Waals surface area contributed by atoms with E-state index in [4.69, 9.17) is 0 Å². The Labute approximate surface area is 130 Å². The highest BCUT2D eigenvalue weighted by Gasteiger charge is 2.34. The molecule has 1 aliphatic rings. The molecule has 0 bridgehead atoms. The number of anilines is 1. The fourth-order valence-electron chi connectivity index (χ4n) is 3.03. The summed E-state index contributed by atoms with van der Waals surface area (Å²) in [6.45, 7) is 3.53. The van der Waals surface area contributed by atoms with E-state index in [1.165, 1.54) is 22.5 Å². The highest BCUT2D eigenvalue weighted by Crippen LogP contribution is 2.35. The van der Waals surface area contributed by atoms with Gasteiger partial charge in [0.15, 0.2) is 0 Å². The van der Waals surface area contributed by atoms with Gasteiger partial charge in [-0.3, -0.25) is 4.31 Å². The Morgan fingerprint density at radius 2 is 1.91 bits per heavy atom. The van der Waals surface area contributed by atoms with Crippen LogP contribution >= 0.6 is 0 Å². The maximum Gasteiger partial charge on any atom is 0.264 e. The van der Waals surface area contributed by atoms with E-state index in [2.05, 4.69) is 0 Å². The zero-order valence-electron chi connectivity index (χ0n) is 12.6. The topological polar surface area (TPSA) is 37.4 Å². The van der Waals surface area contributed by atoms with Crippen LogP contribution in [0, 0.1) is 12.7 Å². The van der Waals surface area contributed by atoms with Gasteiger partial charge in [-0.05, 0) is 62.1 Å². The fourth-order valence-corrected chi connectivity index (χ4v) is 4.96. The van der Waals surface area contributed by atoms with E-state index in [1.807, 2.05) is 31.2 Å². The largest absolute Gasteiger partial charge is 0.264 e. The molecule has 3 nitrogen and oxygen atoms in total. The maximum atomic E-state index is 13.3. The first-order valence-electron chi connectivity index (χ1n) is 7.30. The van der Waals surface area contributed by atoms with Crippen LogP contribution < -0.4 is 4.31 Å². The van der Waals surface area contributed by atoms with Gasteiger partial charge >= 0.3 is 0 Å². The maximum absolute atomic E-state index is 13.3. The van der Waals surface area contributed by atoms with Crippen molar-refractivity contribution in [2.75, 3.05) is 4.31 Å². The van der Waals surface area contributed by atoms with Crippen molar-refractivity contribution in [3.63, 3.8) is 0 Å². The second kappa shape index (κ2) is 5.39. The lowest BCUT2D eigenvalue weighted by atomic mass is 9.99. The average molecular weight is 319 g/mol. The molecule has 1 unspecified atom stereocenters. The summed E-state index contributed by atoms with van der Waals surface area (Å²) in [6, 6.07) is 11.2. The van der Waals surface area contributed by atoms with Crippen LogP contribution in [0.15, 0.2) is 47.4 Å². The summed E-state index contributed by atoms with van der Waals surface area (Å²) in [5.41, 5.74) is 2.18. The summed E-state index contributed by atoms with van der Waals surface area (Å²) in [5, 5.41) is 0. The lowest BCUT2D eigenvalue weighted by Crippen LogP contribution is -2.42. The molecule has 0 N–H and O–H groups in total. The first kappa shape index (κ1) is 15.0. The number of nitrogens with zero attached hydrogens (tertiary/aromatic N) is 1. The molecule has 1 atom stereocenters. The monoisotopic (exact) mass is 319 g/mol. The summed E-state index contributed by atoms with van der Waals surface area (Å²) in [5.74, 6) is -0.427. The zero-order chi connectivity index (χ0) is 15.9. The smallest absolute Gasteiger partial charge is 0.263 e. The summed E-state index contributed by atoms with van der Waals surface area (Å²) in [6.07, 6.45) is 1.64. The summed E-state index contributed by atoms with van der Waals surface area (Å²) in [4.78, 5) is 0.164. The first-order chi connectivity index (χ1) is 10.4. The standard InChI is InChI=1S/C17H18FNO2S/c1-12-11-15(18)9-10-17(12)22(20,21)19-13(2)7-8-14-5-3-4-6-16(14)19/h3-6,9-11,13H,7-8H2,1-2H3. The van der Waals surface area contributed by atoms with Crippen LogP contribution in [0.5, 0.6) is 0 Å². The quantitative estimate of drug-likeness (QED) is 0.847. The van der Waals surface area contributed by atoms with Crippen LogP contribution in [0.4, 0.5) is 10.1 Å². The Morgan fingerprint density at radius 3 is 2.64 bits per heavy atom. The van der Waals surface area contributed by atoms with Gasteiger partial charge in [0.1, 0.15) is 5.82 Å². The van der Waals surface area contributed by atoms with Crippen molar-refractivity contribution in [1.29, 1.82) is 0 Å². The van der Waals surface area contributed by atoms with Crippen LogP contribution in [-0.4, -0.2) is 14.5 Å². The molecule has 0 fully saturated rings. The van der Waals surface area contributed by atoms with Crippen molar-refractivity contribution in [3.05, 3.63) is 59.4 Å². The normalized spacial score (nSPS) is 18.1. The van der Waals surface area contributed by atoms with E-state index >= 15 is 0 Å². The molecule has 0 saturated heterocycles. The summed E-state index contributed by atoms with van der Waals surface area (Å²) in [7, 11) is -3.71. The molecule has 0 aromatic heterocycles. The van der Waals surface area contributed by atoms with E-state index in [0.29, 0.717) is 5.56 Å². The van der Waals surface area contributed by atoms with E-state index in [9.17, 15) is 12.8 Å². The predicted octanol–water partition coefficient (Wildman–Crippen LogP) is 3.66. The van der Waals surface area contributed by atoms with E-state index in [-0.39, 0.29) is 10.9 Å². The minimum absolute atomic E-state index is 0.121. The van der Waals surface area contributed by atoms with Crippen molar-refractivity contribution >= 4 is 15.7 Å². The first-order valence-corrected chi connectivity index (χ1v) is 8.74. The number of rotatable bonds is 2. The summed E-state index contributed by atoms with van der Waals surface area (Å²) >= 11 is 0. The van der Waals surface area contributed by atoms with Crippen molar-refractivity contribution < 1.29 is 12.8 Å². The molecule has 0 radical (unpaired) electrons. The average Bonchev–Trinajstić information content (AvgIpc) is 2.46. The number of hydrogen-bond acceptors (Lipinski definition) is 2. The summed E-state index contributed by atoms with van der Waals surface area (Å²) < 4.78 is 41.0. The van der Waals surface area contributed by atoms with E-state index in [1.54, 1.807) is 6.92 Å². The van der Waals surface area contributed by atoms with Gasteiger partial charge in [0.05, 0.1) is 10.6 Å². The van der Waals surface area contributed by atoms with Gasteiger partial charge < -0.3 is 0 Å². The number of benzene rings is 2. The SMILES string of the molecule is Cc1cc(F)ccc1S(=O)(=O)N1c2ccccc2CCC1C. The van der Waals surface area contributed by atoms with Crippen LogP contribution in [0.2, 0.25) is 0 Å². The molecule has 0 amide bonds. The van der Waals surface area contributed by atoms with Gasteiger partial charge in [0.25, 0.3) is 10.0 Å². The van der Waals surface area contributed by atoms with Gasteiger partial charge in [-0.15, -0.1) is 0 Å². The molecule has 1 heterocycles. The predicted molar refractivity (Wildman–Crippen MR) is 85.0 cm³/mol. The van der Waals surface area contributed by atoms with Crippen LogP contribution in [0.25, 0.3) is 0 Å². The van der Waals surface area contributed by atoms with E-state index < -0.39 is 15.8 Å². The van der Waals surface area contributed by atoms with Crippen LogP contribution in [0.1, 0.15) is 24.5 Å². The van der Waals surface area contributed by atoms with Crippen molar-refractivity contribution in [2.24, 2.45) is 0 Å². The Bertz CT molecular complexity index is 817. The minimum Gasteiger partial charge on any atom is -0.263 e. The van der Waals surface area contributed by atoms with Crippen molar-refractivity contribution in [1.82, 2.24) is 0 Å². The molecule has 2 aromatic carbocycles. The molecule has 2 aromatic rings. The molecule has 0 spiro atoms. The number of halogens is 1. The van der Waals surface area contributed by atoms with Crippen LogP contribution in [-0.2, 0) is 16.4 Å². The Morgan fingerprint density at radius 1 is 1.18 bits per heavy atom. The van der Waals surface area contributed by atoms with Gasteiger partial charge in [0, 0.05) is 6.04 Å². The molecule has 0 saturated carbocycles. The van der Waals surface area contributed by atoms with Gasteiger partial charge in [-0.2, -0.15) is 0 Å². The number of hydrogen-bond donors (Lipinski definition) is 0. The lowest BCUT2D eigenvalue weighted by Gasteiger charge is -2.36. The molecule has 116 valence electrons. The molecule has 0 aliphatic carbocycles. The van der Waals surface area contributed by atoms with Crippen molar-refractivity contribution in [2.45, 2.75) is 37.6 Å². The van der Waals surface area contributed by atoms with E-state index in [0.717, 1.165) is 24.1 Å². The number of para-hydroxylation sites is 1. The third-order valence-corrected chi connectivity index (χ3v) is 6.22. The fraction of sp³-hybridized carbons (Fsp3) is 0.294. The molecular formula is C17H18FNO2S. The number of fused-ring (bicyclic) bond motifs is 1. The second-order valence-electron chi connectivity index (χ2n) is 5.73. The molecule has 22 heavy (non-hydrogen) atoms. The lowest BCUT2D eigenvalue weighted by molar-refractivity contribution is 0.562. The molecule has 3 rings (SSSR count). The Kier molecular flexibility index (Phi) is 3.68. The van der Waals surface area contributed by atoms with Gasteiger partial charge in [-0.25, -0.2) is 12.8 Å². The molecule has 1 aliphatic heterocycles. The molecular weight excluding hydrogens is 301 g/mol. The highest BCUT2D eigenvalue weighted by molar-refractivity contribution is 7.93. The zero-order valence-corrected chi connectivity index (χ0v) is 13.4. The van der Waals surface area contributed by atoms with Crippen molar-refractivity contribution in [3.8, 4) is 0 Å². The Hall–Kier alpha value is -1.88.